The van der Waals surface area contributed by atoms with Gasteiger partial charge in [-0.3, -0.25) is 4.98 Å². The zero-order chi connectivity index (χ0) is 12.6. The molecule has 1 aromatic rings. The second-order valence-electron chi connectivity index (χ2n) is 4.58. The first-order valence-electron chi connectivity index (χ1n) is 5.77. The van der Waals surface area contributed by atoms with Crippen LogP contribution in [0.25, 0.3) is 0 Å². The molecule has 0 amide bonds. The Hall–Kier alpha value is -1.09. The molecule has 0 atom stereocenters. The number of aromatic nitrogens is 1. The van der Waals surface area contributed by atoms with Crippen LogP contribution < -0.4 is 10.2 Å². The van der Waals surface area contributed by atoms with Crippen molar-refractivity contribution < 1.29 is 0 Å². The van der Waals surface area contributed by atoms with Gasteiger partial charge in [-0.1, -0.05) is 27.7 Å². The molecule has 1 N–H and O–H groups in total. The monoisotopic (exact) mass is 223 g/mol. The van der Waals surface area contributed by atoms with Gasteiger partial charge in [-0.25, -0.2) is 0 Å². The van der Waals surface area contributed by atoms with E-state index in [0.29, 0.717) is 12.1 Å². The number of pyridine rings is 1. The highest BCUT2D eigenvalue weighted by Crippen LogP contribution is 2.05. The van der Waals surface area contributed by atoms with Gasteiger partial charge in [0.25, 0.3) is 0 Å². The second-order valence-corrected chi connectivity index (χ2v) is 4.58. The van der Waals surface area contributed by atoms with Gasteiger partial charge in [-0.15, -0.1) is 0 Å². The highest BCUT2D eigenvalue weighted by atomic mass is 15.1. The summed E-state index contributed by atoms with van der Waals surface area (Å²) in [5, 5.41) is 3.31. The van der Waals surface area contributed by atoms with E-state index in [2.05, 4.69) is 38.0 Å². The molecule has 16 heavy (non-hydrogen) atoms. The fourth-order valence-corrected chi connectivity index (χ4v) is 1.31. The molecule has 0 aromatic carbocycles. The quantitative estimate of drug-likeness (QED) is 0.853. The molecule has 1 aromatic heterocycles. The Balaban J connectivity index is 0.000000293. The van der Waals surface area contributed by atoms with E-state index >= 15 is 0 Å². The summed E-state index contributed by atoms with van der Waals surface area (Å²) >= 11 is 0. The number of nitrogens with one attached hydrogen (secondary N) is 1. The van der Waals surface area contributed by atoms with Crippen molar-refractivity contribution in [1.82, 2.24) is 10.3 Å². The summed E-state index contributed by atoms with van der Waals surface area (Å²) in [7, 11) is 4.02. The van der Waals surface area contributed by atoms with Gasteiger partial charge in [0.2, 0.25) is 0 Å². The summed E-state index contributed by atoms with van der Waals surface area (Å²) in [5.41, 5.74) is 1.19. The Morgan fingerprint density at radius 2 is 1.44 bits per heavy atom. The second kappa shape index (κ2) is 8.11. The molecule has 92 valence electrons. The molecule has 0 aliphatic carbocycles. The van der Waals surface area contributed by atoms with Crippen molar-refractivity contribution >= 4 is 5.69 Å². The van der Waals surface area contributed by atoms with E-state index in [-0.39, 0.29) is 0 Å². The van der Waals surface area contributed by atoms with Crippen LogP contribution in [0, 0.1) is 0 Å². The van der Waals surface area contributed by atoms with E-state index in [9.17, 15) is 0 Å². The first kappa shape index (κ1) is 14.9. The molecule has 1 rings (SSSR count). The molecular formula is C13H25N3. The zero-order valence-electron chi connectivity index (χ0n) is 11.4. The number of rotatable bonds is 3. The van der Waals surface area contributed by atoms with Crippen LogP contribution in [0.5, 0.6) is 0 Å². The molecule has 0 aliphatic heterocycles. The fourth-order valence-electron chi connectivity index (χ4n) is 1.31. The molecule has 0 radical (unpaired) electrons. The summed E-state index contributed by atoms with van der Waals surface area (Å²) < 4.78 is 0. The lowest BCUT2D eigenvalue weighted by Crippen LogP contribution is -2.29. The fraction of sp³-hybridized carbons (Fsp3) is 0.615. The third-order valence-corrected chi connectivity index (χ3v) is 1.85. The van der Waals surface area contributed by atoms with Crippen molar-refractivity contribution in [3.05, 3.63) is 24.5 Å². The molecule has 3 nitrogen and oxygen atoms in total. The Bertz CT molecular complexity index is 249. The average molecular weight is 223 g/mol. The van der Waals surface area contributed by atoms with Crippen LogP contribution in [0.2, 0.25) is 0 Å². The molecule has 0 bridgehead atoms. The summed E-state index contributed by atoms with van der Waals surface area (Å²) in [6.07, 6.45) is 3.57. The number of hydrogen-bond donors (Lipinski definition) is 1. The Morgan fingerprint density at radius 3 is 1.62 bits per heavy atom. The standard InChI is InChI=1S/C7H10N2.C6H15N/c1-9(2)7-3-5-8-6-4-7;1-5(2)7-6(3)4/h3-6H,1-2H3;5-7H,1-4H3. The normalized spacial score (nSPS) is 10.0. The summed E-state index contributed by atoms with van der Waals surface area (Å²) in [5.74, 6) is 0. The van der Waals surface area contributed by atoms with E-state index in [1.54, 1.807) is 12.4 Å². The van der Waals surface area contributed by atoms with Gasteiger partial charge in [0.15, 0.2) is 0 Å². The first-order chi connectivity index (χ1) is 7.43. The highest BCUT2D eigenvalue weighted by Gasteiger charge is 1.92. The molecule has 0 fully saturated rings. The van der Waals surface area contributed by atoms with Crippen LogP contribution in [-0.4, -0.2) is 31.2 Å². The van der Waals surface area contributed by atoms with E-state index in [4.69, 9.17) is 0 Å². The van der Waals surface area contributed by atoms with Gasteiger partial charge in [0.1, 0.15) is 0 Å². The van der Waals surface area contributed by atoms with Crippen molar-refractivity contribution in [1.29, 1.82) is 0 Å². The van der Waals surface area contributed by atoms with Crippen LogP contribution in [0.15, 0.2) is 24.5 Å². The number of nitrogens with zero attached hydrogens (tertiary/aromatic N) is 2. The topological polar surface area (TPSA) is 28.2 Å². The zero-order valence-corrected chi connectivity index (χ0v) is 11.4. The van der Waals surface area contributed by atoms with Crippen LogP contribution in [0.1, 0.15) is 27.7 Å². The van der Waals surface area contributed by atoms with E-state index < -0.39 is 0 Å². The van der Waals surface area contributed by atoms with Crippen LogP contribution in [0.3, 0.4) is 0 Å². The SMILES string of the molecule is CC(C)NC(C)C.CN(C)c1ccncc1. The van der Waals surface area contributed by atoms with Gasteiger partial charge < -0.3 is 10.2 Å². The minimum Gasteiger partial charge on any atom is -0.378 e. The number of anilines is 1. The molecule has 0 saturated carbocycles. The Labute approximate surface area is 99.9 Å². The maximum absolute atomic E-state index is 3.90. The van der Waals surface area contributed by atoms with Crippen molar-refractivity contribution in [2.75, 3.05) is 19.0 Å². The van der Waals surface area contributed by atoms with Gasteiger partial charge in [0, 0.05) is 44.3 Å². The molecular weight excluding hydrogens is 198 g/mol. The molecule has 0 aliphatic rings. The maximum Gasteiger partial charge on any atom is 0.0391 e. The van der Waals surface area contributed by atoms with Crippen LogP contribution in [0.4, 0.5) is 5.69 Å². The molecule has 0 unspecified atom stereocenters. The summed E-state index contributed by atoms with van der Waals surface area (Å²) in [6, 6.07) is 5.19. The summed E-state index contributed by atoms with van der Waals surface area (Å²) in [4.78, 5) is 5.94. The largest absolute Gasteiger partial charge is 0.378 e. The Kier molecular flexibility index (Phi) is 7.56. The van der Waals surface area contributed by atoms with Crippen molar-refractivity contribution in [3.63, 3.8) is 0 Å². The molecule has 1 heterocycles. The summed E-state index contributed by atoms with van der Waals surface area (Å²) in [6.45, 7) is 8.61. The smallest absolute Gasteiger partial charge is 0.0391 e. The average Bonchev–Trinajstić information content (AvgIpc) is 2.17. The van der Waals surface area contributed by atoms with Gasteiger partial charge in [-0.2, -0.15) is 0 Å². The van der Waals surface area contributed by atoms with Crippen molar-refractivity contribution in [3.8, 4) is 0 Å². The molecule has 0 saturated heterocycles. The lowest BCUT2D eigenvalue weighted by molar-refractivity contribution is 0.518. The van der Waals surface area contributed by atoms with Gasteiger partial charge >= 0.3 is 0 Å². The molecule has 3 heteroatoms. The number of hydrogen-bond acceptors (Lipinski definition) is 3. The van der Waals surface area contributed by atoms with E-state index in [1.165, 1.54) is 5.69 Å². The lowest BCUT2D eigenvalue weighted by atomic mass is 10.3. The Morgan fingerprint density at radius 1 is 1.00 bits per heavy atom. The van der Waals surface area contributed by atoms with Crippen molar-refractivity contribution in [2.24, 2.45) is 0 Å². The van der Waals surface area contributed by atoms with E-state index in [1.807, 2.05) is 31.1 Å². The van der Waals surface area contributed by atoms with Crippen LogP contribution >= 0.6 is 0 Å². The first-order valence-corrected chi connectivity index (χ1v) is 5.77. The van der Waals surface area contributed by atoms with Crippen molar-refractivity contribution in [2.45, 2.75) is 39.8 Å². The minimum absolute atomic E-state index is 0.625. The highest BCUT2D eigenvalue weighted by molar-refractivity contribution is 5.42. The van der Waals surface area contributed by atoms with Gasteiger partial charge in [0.05, 0.1) is 0 Å². The minimum atomic E-state index is 0.625. The molecule has 0 spiro atoms. The predicted molar refractivity (Wildman–Crippen MR) is 72.0 cm³/mol. The predicted octanol–water partition coefficient (Wildman–Crippen LogP) is 2.54. The lowest BCUT2D eigenvalue weighted by Gasteiger charge is -2.10. The third-order valence-electron chi connectivity index (χ3n) is 1.85. The van der Waals surface area contributed by atoms with Gasteiger partial charge in [-0.05, 0) is 12.1 Å². The third kappa shape index (κ3) is 8.24. The van der Waals surface area contributed by atoms with E-state index in [0.717, 1.165) is 0 Å². The van der Waals surface area contributed by atoms with Crippen LogP contribution in [-0.2, 0) is 0 Å². The maximum atomic E-state index is 3.90.